The first-order valence-electron chi connectivity index (χ1n) is 9.01. The molecule has 5 aromatic rings. The fourth-order valence-corrected chi connectivity index (χ4v) is 4.01. The first-order valence-corrected chi connectivity index (χ1v) is 9.89. The molecule has 0 saturated carbocycles. The largest absolute Gasteiger partial charge is 0.438 e. The van der Waals surface area contributed by atoms with Gasteiger partial charge in [-0.2, -0.15) is 0 Å². The predicted molar refractivity (Wildman–Crippen MR) is 115 cm³/mol. The summed E-state index contributed by atoms with van der Waals surface area (Å²) < 4.78 is 5.62. The quantitative estimate of drug-likeness (QED) is 0.398. The van der Waals surface area contributed by atoms with Crippen LogP contribution in [0.1, 0.15) is 10.4 Å². The predicted octanol–water partition coefficient (Wildman–Crippen LogP) is 5.44. The molecule has 0 spiro atoms. The molecule has 2 N–H and O–H groups in total. The molecule has 1 amide bonds. The van der Waals surface area contributed by atoms with Crippen LogP contribution in [0.25, 0.3) is 33.0 Å². The fraction of sp³-hybridized carbons (Fsp3) is 0. The molecule has 2 heterocycles. The van der Waals surface area contributed by atoms with Crippen LogP contribution in [0.4, 0.5) is 5.13 Å². The van der Waals surface area contributed by atoms with Crippen molar-refractivity contribution >= 4 is 44.1 Å². The Bertz CT molecular complexity index is 1420. The maximum Gasteiger partial charge on any atom is 0.262 e. The van der Waals surface area contributed by atoms with Crippen molar-refractivity contribution in [2.24, 2.45) is 0 Å². The van der Waals surface area contributed by atoms with Crippen molar-refractivity contribution in [2.45, 2.75) is 0 Å². The van der Waals surface area contributed by atoms with Crippen molar-refractivity contribution in [2.75, 3.05) is 5.32 Å². The highest BCUT2D eigenvalue weighted by molar-refractivity contribution is 7.14. The highest BCUT2D eigenvalue weighted by Gasteiger charge is 2.15. The van der Waals surface area contributed by atoms with Crippen molar-refractivity contribution in [3.05, 3.63) is 89.3 Å². The molecule has 3 aromatic carbocycles. The third-order valence-electron chi connectivity index (χ3n) is 4.71. The van der Waals surface area contributed by atoms with Gasteiger partial charge in [0.15, 0.2) is 5.13 Å². The summed E-state index contributed by atoms with van der Waals surface area (Å²) in [4.78, 5) is 17.3. The Kier molecular flexibility index (Phi) is 4.18. The monoisotopic (exact) mass is 397 g/mol. The molecule has 5 nitrogen and oxygen atoms in total. The van der Waals surface area contributed by atoms with Crippen LogP contribution in [0.2, 0.25) is 0 Å². The second-order valence-corrected chi connectivity index (χ2v) is 7.40. The van der Waals surface area contributed by atoms with Crippen LogP contribution >= 0.6 is 11.3 Å². The van der Waals surface area contributed by atoms with E-state index in [-0.39, 0.29) is 11.1 Å². The van der Waals surface area contributed by atoms with Crippen LogP contribution in [0, 0.1) is 5.41 Å². The third-order valence-corrected chi connectivity index (χ3v) is 5.47. The first kappa shape index (κ1) is 17.3. The van der Waals surface area contributed by atoms with Crippen molar-refractivity contribution < 1.29 is 9.21 Å². The van der Waals surface area contributed by atoms with E-state index < -0.39 is 5.91 Å². The average Bonchev–Trinajstić information content (AvgIpc) is 3.22. The van der Waals surface area contributed by atoms with Gasteiger partial charge in [0.2, 0.25) is 5.55 Å². The summed E-state index contributed by atoms with van der Waals surface area (Å²) in [6, 6.07) is 23.1. The molecule has 0 fully saturated rings. The minimum absolute atomic E-state index is 0.172. The Hall–Kier alpha value is -3.77. The summed E-state index contributed by atoms with van der Waals surface area (Å²) in [5.41, 5.74) is 2.35. The van der Waals surface area contributed by atoms with E-state index in [4.69, 9.17) is 9.83 Å². The second-order valence-electron chi connectivity index (χ2n) is 6.55. The molecule has 0 unspecified atom stereocenters. The lowest BCUT2D eigenvalue weighted by Crippen LogP contribution is -2.20. The van der Waals surface area contributed by atoms with Gasteiger partial charge in [0, 0.05) is 16.3 Å². The molecule has 0 saturated heterocycles. The average molecular weight is 397 g/mol. The van der Waals surface area contributed by atoms with E-state index in [1.165, 1.54) is 11.3 Å². The minimum Gasteiger partial charge on any atom is -0.438 e. The molecule has 0 aliphatic carbocycles. The Morgan fingerprint density at radius 3 is 2.62 bits per heavy atom. The number of rotatable bonds is 3. The van der Waals surface area contributed by atoms with E-state index >= 15 is 0 Å². The van der Waals surface area contributed by atoms with Gasteiger partial charge in [-0.25, -0.2) is 4.98 Å². The smallest absolute Gasteiger partial charge is 0.262 e. The second kappa shape index (κ2) is 7.00. The van der Waals surface area contributed by atoms with Gasteiger partial charge in [-0.1, -0.05) is 60.7 Å². The lowest BCUT2D eigenvalue weighted by atomic mass is 10.0. The molecule has 5 rings (SSSR count). The van der Waals surface area contributed by atoms with Crippen LogP contribution in [0.3, 0.4) is 0 Å². The van der Waals surface area contributed by atoms with Gasteiger partial charge < -0.3 is 4.42 Å². The van der Waals surface area contributed by atoms with Crippen LogP contribution in [0.15, 0.2) is 82.6 Å². The molecule has 0 atom stereocenters. The van der Waals surface area contributed by atoms with E-state index in [0.717, 1.165) is 27.4 Å². The van der Waals surface area contributed by atoms with Gasteiger partial charge in [0.25, 0.3) is 5.91 Å². The van der Waals surface area contributed by atoms with Crippen LogP contribution in [0.5, 0.6) is 0 Å². The highest BCUT2D eigenvalue weighted by Crippen LogP contribution is 2.27. The topological polar surface area (TPSA) is 79.0 Å². The number of aromatic nitrogens is 1. The van der Waals surface area contributed by atoms with Crippen LogP contribution in [-0.4, -0.2) is 10.9 Å². The molecule has 0 radical (unpaired) electrons. The summed E-state index contributed by atoms with van der Waals surface area (Å²) in [5, 5.41) is 16.1. The number of fused-ring (bicyclic) bond motifs is 3. The molecule has 6 heteroatoms. The van der Waals surface area contributed by atoms with Gasteiger partial charge >= 0.3 is 0 Å². The highest BCUT2D eigenvalue weighted by atomic mass is 32.1. The van der Waals surface area contributed by atoms with Crippen molar-refractivity contribution in [1.29, 1.82) is 5.41 Å². The fourth-order valence-electron chi connectivity index (χ4n) is 3.29. The molecule has 2 aromatic heterocycles. The summed E-state index contributed by atoms with van der Waals surface area (Å²) >= 11 is 1.34. The molecule has 29 heavy (non-hydrogen) atoms. The summed E-state index contributed by atoms with van der Waals surface area (Å²) in [6.07, 6.45) is 0. The maximum atomic E-state index is 12.8. The molecular formula is C23H15N3O2S. The van der Waals surface area contributed by atoms with E-state index in [9.17, 15) is 4.79 Å². The lowest BCUT2D eigenvalue weighted by Gasteiger charge is -2.06. The van der Waals surface area contributed by atoms with Gasteiger partial charge in [0.05, 0.1) is 5.69 Å². The number of benzene rings is 3. The SMILES string of the molecule is N=c1oc2ccc3ccccc3c2cc1C(=O)Nc1nc(-c2ccccc2)cs1. The molecular weight excluding hydrogens is 382 g/mol. The number of carbonyl (C=O) groups is 1. The number of amides is 1. The van der Waals surface area contributed by atoms with Gasteiger partial charge in [-0.05, 0) is 22.9 Å². The van der Waals surface area contributed by atoms with Crippen LogP contribution in [-0.2, 0) is 0 Å². The first-order chi connectivity index (χ1) is 14.2. The Balaban J connectivity index is 1.51. The normalized spacial score (nSPS) is 11.0. The van der Waals surface area contributed by atoms with Crippen molar-refractivity contribution in [1.82, 2.24) is 4.98 Å². The Labute approximate surface area is 169 Å². The van der Waals surface area contributed by atoms with E-state index in [1.807, 2.05) is 72.1 Å². The zero-order valence-electron chi connectivity index (χ0n) is 15.2. The lowest BCUT2D eigenvalue weighted by molar-refractivity contribution is 0.102. The van der Waals surface area contributed by atoms with Crippen molar-refractivity contribution in [3.8, 4) is 11.3 Å². The number of nitrogens with zero attached hydrogens (tertiary/aromatic N) is 1. The molecule has 140 valence electrons. The summed E-state index contributed by atoms with van der Waals surface area (Å²) in [6.45, 7) is 0. The zero-order valence-corrected chi connectivity index (χ0v) is 16.0. The maximum absolute atomic E-state index is 12.8. The number of anilines is 1. The molecule has 0 bridgehead atoms. The number of hydrogen-bond acceptors (Lipinski definition) is 5. The van der Waals surface area contributed by atoms with E-state index in [0.29, 0.717) is 10.7 Å². The summed E-state index contributed by atoms with van der Waals surface area (Å²) in [5.74, 6) is -0.414. The Morgan fingerprint density at radius 1 is 0.966 bits per heavy atom. The van der Waals surface area contributed by atoms with Crippen molar-refractivity contribution in [3.63, 3.8) is 0 Å². The zero-order chi connectivity index (χ0) is 19.8. The van der Waals surface area contributed by atoms with E-state index in [2.05, 4.69) is 10.3 Å². The Morgan fingerprint density at radius 2 is 1.76 bits per heavy atom. The molecule has 0 aliphatic heterocycles. The number of nitrogens with one attached hydrogen (secondary N) is 2. The number of hydrogen-bond donors (Lipinski definition) is 2. The van der Waals surface area contributed by atoms with Gasteiger partial charge in [-0.3, -0.25) is 15.5 Å². The number of carbonyl (C=O) groups excluding carboxylic acids is 1. The molecule has 0 aliphatic rings. The van der Waals surface area contributed by atoms with Gasteiger partial charge in [0.1, 0.15) is 11.1 Å². The standard InChI is InChI=1S/C23H15N3O2S/c24-21-18(12-17-16-9-5-4-6-14(16)10-11-20(17)28-21)22(27)26-23-25-19(13-29-23)15-7-2-1-3-8-15/h1-13,24H,(H,25,26,27). The summed E-state index contributed by atoms with van der Waals surface area (Å²) in [7, 11) is 0. The minimum atomic E-state index is -0.414. The van der Waals surface area contributed by atoms with Gasteiger partial charge in [-0.15, -0.1) is 11.3 Å². The van der Waals surface area contributed by atoms with E-state index in [1.54, 1.807) is 6.07 Å². The van der Waals surface area contributed by atoms with Crippen LogP contribution < -0.4 is 10.9 Å². The number of thiazole rings is 1. The third kappa shape index (κ3) is 3.19.